The van der Waals surface area contributed by atoms with Gasteiger partial charge in [-0.1, -0.05) is 0 Å². The van der Waals surface area contributed by atoms with Crippen LogP contribution < -0.4 is 4.74 Å². The Balaban J connectivity index is 1.65. The van der Waals surface area contributed by atoms with Crippen LogP contribution in [-0.4, -0.2) is 49.0 Å². The Labute approximate surface area is 137 Å². The average Bonchev–Trinajstić information content (AvgIpc) is 2.97. The summed E-state index contributed by atoms with van der Waals surface area (Å²) >= 11 is 0. The van der Waals surface area contributed by atoms with E-state index in [1.54, 1.807) is 0 Å². The first-order valence-electron chi connectivity index (χ1n) is 8.34. The highest BCUT2D eigenvalue weighted by Crippen LogP contribution is 2.32. The van der Waals surface area contributed by atoms with Gasteiger partial charge in [-0.15, -0.1) is 0 Å². The van der Waals surface area contributed by atoms with Gasteiger partial charge in [-0.2, -0.15) is 0 Å². The summed E-state index contributed by atoms with van der Waals surface area (Å²) in [6.07, 6.45) is 1.61. The third kappa shape index (κ3) is 3.51. The molecule has 0 N–H and O–H groups in total. The zero-order valence-corrected chi connectivity index (χ0v) is 14.1. The molecule has 0 unspecified atom stereocenters. The van der Waals surface area contributed by atoms with Crippen LogP contribution in [0.2, 0.25) is 0 Å². The molecular formula is C18H25NO4. The van der Waals surface area contributed by atoms with Crippen LogP contribution in [0.15, 0.2) is 18.2 Å². The van der Waals surface area contributed by atoms with Crippen molar-refractivity contribution >= 4 is 5.91 Å². The summed E-state index contributed by atoms with van der Waals surface area (Å²) in [5, 5.41) is 0. The van der Waals surface area contributed by atoms with E-state index in [4.69, 9.17) is 14.2 Å². The maximum Gasteiger partial charge on any atom is 0.253 e. The molecule has 5 nitrogen and oxygen atoms in total. The lowest BCUT2D eigenvalue weighted by Gasteiger charge is -2.37. The van der Waals surface area contributed by atoms with Crippen molar-refractivity contribution in [2.75, 3.05) is 26.3 Å². The Bertz CT molecular complexity index is 568. The molecule has 1 spiro atoms. The maximum atomic E-state index is 12.7. The Morgan fingerprint density at radius 3 is 2.43 bits per heavy atom. The number of hydrogen-bond donors (Lipinski definition) is 0. The highest BCUT2D eigenvalue weighted by atomic mass is 16.7. The van der Waals surface area contributed by atoms with Crippen LogP contribution >= 0.6 is 0 Å². The van der Waals surface area contributed by atoms with E-state index in [1.165, 1.54) is 0 Å². The summed E-state index contributed by atoms with van der Waals surface area (Å²) in [7, 11) is 0. The number of rotatable bonds is 3. The summed E-state index contributed by atoms with van der Waals surface area (Å²) in [5.41, 5.74) is 1.70. The smallest absolute Gasteiger partial charge is 0.253 e. The zero-order chi connectivity index (χ0) is 16.4. The van der Waals surface area contributed by atoms with Crippen molar-refractivity contribution in [3.05, 3.63) is 29.3 Å². The van der Waals surface area contributed by atoms with Gasteiger partial charge in [-0.05, 0) is 44.5 Å². The van der Waals surface area contributed by atoms with E-state index in [2.05, 4.69) is 0 Å². The highest BCUT2D eigenvalue weighted by molar-refractivity contribution is 5.94. The van der Waals surface area contributed by atoms with Crippen LogP contribution in [-0.2, 0) is 9.47 Å². The fourth-order valence-electron chi connectivity index (χ4n) is 3.19. The largest absolute Gasteiger partial charge is 0.491 e. The van der Waals surface area contributed by atoms with Crippen molar-refractivity contribution < 1.29 is 19.0 Å². The molecule has 1 aromatic carbocycles. The molecule has 2 saturated heterocycles. The minimum Gasteiger partial charge on any atom is -0.491 e. The molecule has 2 heterocycles. The molecule has 5 heteroatoms. The molecule has 0 radical (unpaired) electrons. The summed E-state index contributed by atoms with van der Waals surface area (Å²) in [4.78, 5) is 14.6. The van der Waals surface area contributed by atoms with Crippen molar-refractivity contribution in [2.24, 2.45) is 0 Å². The van der Waals surface area contributed by atoms with Crippen LogP contribution in [0, 0.1) is 6.92 Å². The van der Waals surface area contributed by atoms with Crippen LogP contribution in [0.25, 0.3) is 0 Å². The molecule has 3 rings (SSSR count). The number of piperidine rings is 1. The van der Waals surface area contributed by atoms with Gasteiger partial charge in [0.1, 0.15) is 5.75 Å². The number of likely N-dealkylation sites (tertiary alicyclic amines) is 1. The molecule has 0 saturated carbocycles. The van der Waals surface area contributed by atoms with Crippen molar-refractivity contribution in [3.8, 4) is 5.75 Å². The maximum absolute atomic E-state index is 12.7. The van der Waals surface area contributed by atoms with Crippen molar-refractivity contribution in [3.63, 3.8) is 0 Å². The minimum absolute atomic E-state index is 0.0667. The Hall–Kier alpha value is -1.59. The predicted molar refractivity (Wildman–Crippen MR) is 86.7 cm³/mol. The van der Waals surface area contributed by atoms with E-state index in [0.29, 0.717) is 31.9 Å². The number of nitrogens with zero attached hydrogens (tertiary/aromatic N) is 1. The Morgan fingerprint density at radius 2 is 1.87 bits per heavy atom. The summed E-state index contributed by atoms with van der Waals surface area (Å²) in [6, 6.07) is 5.64. The molecule has 2 fully saturated rings. The fraction of sp³-hybridized carbons (Fsp3) is 0.611. The molecular weight excluding hydrogens is 294 g/mol. The number of carbonyl (C=O) groups excluding carboxylic acids is 1. The van der Waals surface area contributed by atoms with Gasteiger partial charge in [-0.3, -0.25) is 4.79 Å². The standard InChI is InChI=1S/C18H25NO4/c1-13(2)23-16-5-4-15(12-14(16)3)17(20)19-8-6-18(7-9-19)21-10-11-22-18/h4-5,12-13H,6-11H2,1-3H3. The number of amides is 1. The molecule has 0 atom stereocenters. The van der Waals surface area contributed by atoms with Gasteiger partial charge in [0.2, 0.25) is 0 Å². The van der Waals surface area contributed by atoms with Gasteiger partial charge in [0.15, 0.2) is 5.79 Å². The van der Waals surface area contributed by atoms with E-state index in [9.17, 15) is 4.79 Å². The quantitative estimate of drug-likeness (QED) is 0.859. The van der Waals surface area contributed by atoms with Crippen molar-refractivity contribution in [1.82, 2.24) is 4.90 Å². The number of ether oxygens (including phenoxy) is 3. The van der Waals surface area contributed by atoms with Crippen molar-refractivity contribution in [1.29, 1.82) is 0 Å². The van der Waals surface area contributed by atoms with Gasteiger partial charge >= 0.3 is 0 Å². The van der Waals surface area contributed by atoms with Gasteiger partial charge < -0.3 is 19.1 Å². The van der Waals surface area contributed by atoms with Crippen LogP contribution in [0.3, 0.4) is 0 Å². The fourth-order valence-corrected chi connectivity index (χ4v) is 3.19. The topological polar surface area (TPSA) is 48.0 Å². The molecule has 126 valence electrons. The van der Waals surface area contributed by atoms with E-state index in [1.807, 2.05) is 43.9 Å². The van der Waals surface area contributed by atoms with Gasteiger partial charge in [0.05, 0.1) is 19.3 Å². The number of aryl methyl sites for hydroxylation is 1. The van der Waals surface area contributed by atoms with E-state index < -0.39 is 5.79 Å². The second kappa shape index (κ2) is 6.49. The first kappa shape index (κ1) is 16.3. The lowest BCUT2D eigenvalue weighted by atomic mass is 10.0. The second-order valence-corrected chi connectivity index (χ2v) is 6.55. The average molecular weight is 319 g/mol. The number of carbonyl (C=O) groups is 1. The molecule has 23 heavy (non-hydrogen) atoms. The molecule has 2 aliphatic heterocycles. The first-order valence-corrected chi connectivity index (χ1v) is 8.34. The van der Waals surface area contributed by atoms with Crippen LogP contribution in [0.4, 0.5) is 0 Å². The Kier molecular flexibility index (Phi) is 4.60. The number of benzene rings is 1. The van der Waals surface area contributed by atoms with Crippen LogP contribution in [0.1, 0.15) is 42.6 Å². The normalized spacial score (nSPS) is 20.3. The predicted octanol–water partition coefficient (Wildman–Crippen LogP) is 2.76. The first-order chi connectivity index (χ1) is 11.0. The van der Waals surface area contributed by atoms with Crippen LogP contribution in [0.5, 0.6) is 5.75 Å². The van der Waals surface area contributed by atoms with E-state index in [0.717, 1.165) is 24.2 Å². The summed E-state index contributed by atoms with van der Waals surface area (Å²) < 4.78 is 17.2. The number of hydrogen-bond acceptors (Lipinski definition) is 4. The van der Waals surface area contributed by atoms with E-state index >= 15 is 0 Å². The lowest BCUT2D eigenvalue weighted by molar-refractivity contribution is -0.181. The molecule has 0 aromatic heterocycles. The van der Waals surface area contributed by atoms with Gasteiger partial charge in [0.25, 0.3) is 5.91 Å². The molecule has 1 amide bonds. The third-order valence-corrected chi connectivity index (χ3v) is 4.41. The third-order valence-electron chi connectivity index (χ3n) is 4.41. The van der Waals surface area contributed by atoms with E-state index in [-0.39, 0.29) is 12.0 Å². The van der Waals surface area contributed by atoms with Gasteiger partial charge in [0, 0.05) is 31.5 Å². The molecule has 2 aliphatic rings. The zero-order valence-electron chi connectivity index (χ0n) is 14.1. The molecule has 0 bridgehead atoms. The van der Waals surface area contributed by atoms with Gasteiger partial charge in [-0.25, -0.2) is 0 Å². The lowest BCUT2D eigenvalue weighted by Crippen LogP contribution is -2.47. The minimum atomic E-state index is -0.443. The van der Waals surface area contributed by atoms with Crippen molar-refractivity contribution in [2.45, 2.75) is 45.5 Å². The summed E-state index contributed by atoms with van der Waals surface area (Å²) in [5.74, 6) is 0.459. The highest BCUT2D eigenvalue weighted by Gasteiger charge is 2.40. The Morgan fingerprint density at radius 1 is 1.22 bits per heavy atom. The SMILES string of the molecule is Cc1cc(C(=O)N2CCC3(CC2)OCCO3)ccc1OC(C)C. The monoisotopic (exact) mass is 319 g/mol. The second-order valence-electron chi connectivity index (χ2n) is 6.55. The summed E-state index contributed by atoms with van der Waals surface area (Å²) in [6.45, 7) is 8.61. The molecule has 0 aliphatic carbocycles. The molecule has 1 aromatic rings.